The summed E-state index contributed by atoms with van der Waals surface area (Å²) in [6, 6.07) is 7.87. The highest BCUT2D eigenvalue weighted by molar-refractivity contribution is 5.55. The Balaban J connectivity index is 1.81. The summed E-state index contributed by atoms with van der Waals surface area (Å²) >= 11 is 0. The average Bonchev–Trinajstić information content (AvgIpc) is 2.53. The molecule has 3 rings (SSSR count). The van der Waals surface area contributed by atoms with Gasteiger partial charge in [0.25, 0.3) is 0 Å². The summed E-state index contributed by atoms with van der Waals surface area (Å²) in [5.41, 5.74) is 3.06. The highest BCUT2D eigenvalue weighted by Crippen LogP contribution is 2.40. The van der Waals surface area contributed by atoms with Crippen LogP contribution in [0.5, 0.6) is 17.2 Å². The zero-order valence-corrected chi connectivity index (χ0v) is 12.2. The minimum atomic E-state index is 0.551. The molecule has 0 aliphatic carbocycles. The number of anilines is 1. The Morgan fingerprint density at radius 3 is 2.95 bits per heavy atom. The van der Waals surface area contributed by atoms with Crippen LogP contribution >= 0.6 is 0 Å². The Bertz CT molecular complexity index is 626. The Labute approximate surface area is 123 Å². The molecule has 0 saturated carbocycles. The molecule has 21 heavy (non-hydrogen) atoms. The lowest BCUT2D eigenvalue weighted by atomic mass is 10.1. The van der Waals surface area contributed by atoms with Crippen molar-refractivity contribution in [3.8, 4) is 17.2 Å². The molecule has 0 fully saturated rings. The first kappa shape index (κ1) is 13.5. The fourth-order valence-corrected chi connectivity index (χ4v) is 2.30. The van der Waals surface area contributed by atoms with Gasteiger partial charge in [0, 0.05) is 12.7 Å². The Morgan fingerprint density at radius 2 is 2.14 bits per heavy atom. The average molecular weight is 286 g/mol. The summed E-state index contributed by atoms with van der Waals surface area (Å²) in [5.74, 6) is 2.12. The number of nitrogens with zero attached hydrogens (tertiary/aromatic N) is 1. The van der Waals surface area contributed by atoms with Gasteiger partial charge in [-0.05, 0) is 36.8 Å². The van der Waals surface area contributed by atoms with Crippen molar-refractivity contribution in [3.05, 3.63) is 41.7 Å². The van der Waals surface area contributed by atoms with Gasteiger partial charge >= 0.3 is 0 Å². The van der Waals surface area contributed by atoms with Crippen LogP contribution in [-0.2, 0) is 6.54 Å². The normalized spacial score (nSPS) is 12.9. The monoisotopic (exact) mass is 286 g/mol. The third-order valence-corrected chi connectivity index (χ3v) is 3.38. The minimum absolute atomic E-state index is 0.551. The van der Waals surface area contributed by atoms with Crippen LogP contribution in [0, 0.1) is 6.92 Å². The van der Waals surface area contributed by atoms with Crippen LogP contribution in [0.15, 0.2) is 30.5 Å². The van der Waals surface area contributed by atoms with Crippen LogP contribution in [0.1, 0.15) is 11.3 Å². The number of aryl methyl sites for hydroxylation is 1. The molecular weight excluding hydrogens is 268 g/mol. The van der Waals surface area contributed by atoms with Gasteiger partial charge in [0.1, 0.15) is 13.2 Å². The molecule has 5 nitrogen and oxygen atoms in total. The molecule has 1 aliphatic rings. The molecule has 2 aromatic rings. The lowest BCUT2D eigenvalue weighted by molar-refractivity contribution is 0.165. The van der Waals surface area contributed by atoms with Crippen molar-refractivity contribution in [3.63, 3.8) is 0 Å². The molecule has 0 unspecified atom stereocenters. The van der Waals surface area contributed by atoms with Gasteiger partial charge in [-0.2, -0.15) is 0 Å². The van der Waals surface area contributed by atoms with E-state index >= 15 is 0 Å². The number of nitrogens with one attached hydrogen (secondary N) is 1. The number of hydrogen-bond acceptors (Lipinski definition) is 5. The van der Waals surface area contributed by atoms with Gasteiger partial charge in [0.15, 0.2) is 11.5 Å². The molecule has 5 heteroatoms. The fraction of sp³-hybridized carbons (Fsp3) is 0.312. The van der Waals surface area contributed by atoms with E-state index in [1.54, 1.807) is 13.3 Å². The highest BCUT2D eigenvalue weighted by atomic mass is 16.6. The van der Waals surface area contributed by atoms with Crippen LogP contribution in [-0.4, -0.2) is 25.3 Å². The SMILES string of the molecule is COc1cc(CNc2cccnc2C)cc2c1OCCO2. The summed E-state index contributed by atoms with van der Waals surface area (Å²) in [6.45, 7) is 3.76. The molecule has 0 atom stereocenters. The number of aromatic nitrogens is 1. The van der Waals surface area contributed by atoms with Crippen LogP contribution in [0.2, 0.25) is 0 Å². The molecule has 2 heterocycles. The maximum Gasteiger partial charge on any atom is 0.203 e. The van der Waals surface area contributed by atoms with E-state index in [4.69, 9.17) is 14.2 Å². The van der Waals surface area contributed by atoms with E-state index in [1.165, 1.54) is 0 Å². The maximum absolute atomic E-state index is 5.64. The van der Waals surface area contributed by atoms with Gasteiger partial charge in [-0.25, -0.2) is 0 Å². The van der Waals surface area contributed by atoms with Gasteiger partial charge < -0.3 is 19.5 Å². The van der Waals surface area contributed by atoms with Crippen molar-refractivity contribution in [2.75, 3.05) is 25.6 Å². The van der Waals surface area contributed by atoms with Crippen molar-refractivity contribution in [1.82, 2.24) is 4.98 Å². The second kappa shape index (κ2) is 5.91. The lowest BCUT2D eigenvalue weighted by Gasteiger charge is -2.21. The van der Waals surface area contributed by atoms with Crippen molar-refractivity contribution in [2.45, 2.75) is 13.5 Å². The van der Waals surface area contributed by atoms with Crippen molar-refractivity contribution < 1.29 is 14.2 Å². The lowest BCUT2D eigenvalue weighted by Crippen LogP contribution is -2.16. The van der Waals surface area contributed by atoms with Crippen molar-refractivity contribution in [1.29, 1.82) is 0 Å². The van der Waals surface area contributed by atoms with Crippen LogP contribution in [0.25, 0.3) is 0 Å². The molecule has 0 spiro atoms. The van der Waals surface area contributed by atoms with Crippen molar-refractivity contribution in [2.24, 2.45) is 0 Å². The van der Waals surface area contributed by atoms with E-state index in [2.05, 4.69) is 10.3 Å². The number of hydrogen-bond donors (Lipinski definition) is 1. The quantitative estimate of drug-likeness (QED) is 0.936. The number of methoxy groups -OCH3 is 1. The molecule has 0 saturated heterocycles. The number of pyridine rings is 1. The van der Waals surface area contributed by atoms with Crippen LogP contribution < -0.4 is 19.5 Å². The van der Waals surface area contributed by atoms with Gasteiger partial charge in [0.05, 0.1) is 18.5 Å². The van der Waals surface area contributed by atoms with Gasteiger partial charge in [0.2, 0.25) is 5.75 Å². The van der Waals surface area contributed by atoms with Crippen molar-refractivity contribution >= 4 is 5.69 Å². The minimum Gasteiger partial charge on any atom is -0.493 e. The zero-order valence-electron chi connectivity index (χ0n) is 12.2. The summed E-state index contributed by atoms with van der Waals surface area (Å²) in [7, 11) is 1.63. The molecule has 1 aromatic carbocycles. The second-order valence-electron chi connectivity index (χ2n) is 4.81. The molecule has 1 aliphatic heterocycles. The fourth-order valence-electron chi connectivity index (χ4n) is 2.30. The highest BCUT2D eigenvalue weighted by Gasteiger charge is 2.18. The number of ether oxygens (including phenoxy) is 3. The number of fused-ring (bicyclic) bond motifs is 1. The third-order valence-electron chi connectivity index (χ3n) is 3.38. The molecule has 1 N–H and O–H groups in total. The number of rotatable bonds is 4. The van der Waals surface area contributed by atoms with Gasteiger partial charge in [-0.3, -0.25) is 4.98 Å². The molecule has 0 radical (unpaired) electrons. The van der Waals surface area contributed by atoms with Crippen LogP contribution in [0.3, 0.4) is 0 Å². The number of benzene rings is 1. The molecular formula is C16H18N2O3. The van der Waals surface area contributed by atoms with E-state index in [0.29, 0.717) is 31.3 Å². The summed E-state index contributed by atoms with van der Waals surface area (Å²) in [5, 5.41) is 3.37. The van der Waals surface area contributed by atoms with E-state index in [9.17, 15) is 0 Å². The Kier molecular flexibility index (Phi) is 3.81. The predicted octanol–water partition coefficient (Wildman–Crippen LogP) is 2.78. The first-order valence-electron chi connectivity index (χ1n) is 6.90. The first-order valence-corrected chi connectivity index (χ1v) is 6.90. The van der Waals surface area contributed by atoms with E-state index in [-0.39, 0.29) is 0 Å². The molecule has 0 amide bonds. The van der Waals surface area contributed by atoms with Crippen LogP contribution in [0.4, 0.5) is 5.69 Å². The molecule has 0 bridgehead atoms. The van der Waals surface area contributed by atoms with E-state index < -0.39 is 0 Å². The smallest absolute Gasteiger partial charge is 0.203 e. The van der Waals surface area contributed by atoms with Gasteiger partial charge in [-0.15, -0.1) is 0 Å². The summed E-state index contributed by atoms with van der Waals surface area (Å²) in [4.78, 5) is 4.26. The standard InChI is InChI=1S/C16H18N2O3/c1-11-13(4-3-5-17-11)18-10-12-8-14(19-2)16-15(9-12)20-6-7-21-16/h3-5,8-9,18H,6-7,10H2,1-2H3. The third kappa shape index (κ3) is 2.86. The largest absolute Gasteiger partial charge is 0.493 e. The second-order valence-corrected chi connectivity index (χ2v) is 4.81. The Morgan fingerprint density at radius 1 is 1.29 bits per heavy atom. The summed E-state index contributed by atoms with van der Waals surface area (Å²) in [6.07, 6.45) is 1.79. The molecule has 1 aromatic heterocycles. The molecule has 110 valence electrons. The first-order chi connectivity index (χ1) is 10.3. The van der Waals surface area contributed by atoms with Gasteiger partial charge in [-0.1, -0.05) is 0 Å². The predicted molar refractivity (Wildman–Crippen MR) is 80.3 cm³/mol. The maximum atomic E-state index is 5.64. The zero-order chi connectivity index (χ0) is 14.7. The van der Waals surface area contributed by atoms with E-state index in [1.807, 2.05) is 31.2 Å². The topological polar surface area (TPSA) is 52.6 Å². The van der Waals surface area contributed by atoms with E-state index in [0.717, 1.165) is 22.7 Å². The summed E-state index contributed by atoms with van der Waals surface area (Å²) < 4.78 is 16.6. The Hall–Kier alpha value is -2.43.